The van der Waals surface area contributed by atoms with E-state index in [2.05, 4.69) is 31.2 Å². The summed E-state index contributed by atoms with van der Waals surface area (Å²) in [7, 11) is 0. The Bertz CT molecular complexity index is 1110. The molecule has 0 saturated carbocycles. The third-order valence-corrected chi connectivity index (χ3v) is 5.49. The molecule has 0 bridgehead atoms. The zero-order valence-corrected chi connectivity index (χ0v) is 17.2. The van der Waals surface area contributed by atoms with E-state index in [1.165, 1.54) is 11.3 Å². The zero-order chi connectivity index (χ0) is 19.5. The minimum absolute atomic E-state index is 0.146. The van der Waals surface area contributed by atoms with Gasteiger partial charge in [0.05, 0.1) is 4.88 Å². The lowest BCUT2D eigenvalue weighted by atomic mass is 10.3. The molecule has 0 radical (unpaired) electrons. The largest absolute Gasteiger partial charge is 0.439 e. The van der Waals surface area contributed by atoms with E-state index in [4.69, 9.17) is 4.74 Å². The van der Waals surface area contributed by atoms with Gasteiger partial charge in [0.25, 0.3) is 5.91 Å². The molecule has 1 N–H and O–H groups in total. The van der Waals surface area contributed by atoms with Gasteiger partial charge in [0.2, 0.25) is 5.88 Å². The van der Waals surface area contributed by atoms with Crippen LogP contribution in [0, 0.1) is 6.92 Å². The first kappa shape index (κ1) is 18.4. The molecule has 1 aromatic carbocycles. The lowest BCUT2D eigenvalue weighted by Gasteiger charge is -2.09. The second kappa shape index (κ2) is 7.95. The molecule has 0 aliphatic rings. The van der Waals surface area contributed by atoms with Gasteiger partial charge in [-0.05, 0) is 65.3 Å². The van der Waals surface area contributed by atoms with Crippen LogP contribution in [-0.2, 0) is 0 Å². The van der Waals surface area contributed by atoms with Crippen LogP contribution in [0.15, 0.2) is 70.8 Å². The first-order chi connectivity index (χ1) is 13.6. The second-order valence-electron chi connectivity index (χ2n) is 5.91. The maximum atomic E-state index is 12.2. The van der Waals surface area contributed by atoms with E-state index in [-0.39, 0.29) is 5.91 Å². The van der Waals surface area contributed by atoms with E-state index in [9.17, 15) is 4.79 Å². The molecule has 1 amide bonds. The van der Waals surface area contributed by atoms with Crippen LogP contribution in [0.25, 0.3) is 5.82 Å². The summed E-state index contributed by atoms with van der Waals surface area (Å²) in [6, 6.07) is 14.6. The standard InChI is InChI=1S/C20H15BrN4O2S/c1-13-22-18(25-8-2-3-9-25)11-19(23-13)27-16-6-4-15(5-7-16)24-20(26)17-10-14(21)12-28-17/h2-12H,1H3,(H,24,26). The van der Waals surface area contributed by atoms with Crippen molar-refractivity contribution in [1.29, 1.82) is 0 Å². The van der Waals surface area contributed by atoms with Crippen LogP contribution >= 0.6 is 27.3 Å². The molecule has 4 rings (SSSR count). The Morgan fingerprint density at radius 3 is 2.57 bits per heavy atom. The third-order valence-electron chi connectivity index (χ3n) is 3.80. The van der Waals surface area contributed by atoms with E-state index in [0.717, 1.165) is 10.3 Å². The van der Waals surface area contributed by atoms with Gasteiger partial charge in [0, 0.05) is 34.0 Å². The van der Waals surface area contributed by atoms with Gasteiger partial charge < -0.3 is 14.6 Å². The van der Waals surface area contributed by atoms with Gasteiger partial charge in [-0.15, -0.1) is 11.3 Å². The van der Waals surface area contributed by atoms with Crippen molar-refractivity contribution in [2.75, 3.05) is 5.32 Å². The molecule has 4 aromatic rings. The van der Waals surface area contributed by atoms with E-state index < -0.39 is 0 Å². The van der Waals surface area contributed by atoms with Gasteiger partial charge in [-0.25, -0.2) is 4.98 Å². The van der Waals surface area contributed by atoms with Gasteiger partial charge in [0.15, 0.2) is 0 Å². The number of hydrogen-bond acceptors (Lipinski definition) is 5. The summed E-state index contributed by atoms with van der Waals surface area (Å²) in [5, 5.41) is 4.74. The Balaban J connectivity index is 1.47. The second-order valence-corrected chi connectivity index (χ2v) is 7.74. The highest BCUT2D eigenvalue weighted by Gasteiger charge is 2.10. The van der Waals surface area contributed by atoms with Crippen LogP contribution in [0.2, 0.25) is 0 Å². The van der Waals surface area contributed by atoms with Gasteiger partial charge in [0.1, 0.15) is 17.4 Å². The third kappa shape index (κ3) is 4.29. The minimum Gasteiger partial charge on any atom is -0.439 e. The van der Waals surface area contributed by atoms with E-state index in [1.54, 1.807) is 36.4 Å². The van der Waals surface area contributed by atoms with Crippen molar-refractivity contribution in [3.05, 3.63) is 81.5 Å². The highest BCUT2D eigenvalue weighted by molar-refractivity contribution is 9.10. The smallest absolute Gasteiger partial charge is 0.265 e. The Morgan fingerprint density at radius 1 is 1.14 bits per heavy atom. The summed E-state index contributed by atoms with van der Waals surface area (Å²) in [6.45, 7) is 1.82. The van der Waals surface area contributed by atoms with E-state index in [0.29, 0.717) is 28.0 Å². The number of halogens is 1. The molecular formula is C20H15BrN4O2S. The first-order valence-electron chi connectivity index (χ1n) is 8.39. The molecule has 3 heterocycles. The van der Waals surface area contributed by atoms with E-state index >= 15 is 0 Å². The monoisotopic (exact) mass is 454 g/mol. The molecule has 0 aliphatic carbocycles. The summed E-state index contributed by atoms with van der Waals surface area (Å²) in [5.41, 5.74) is 0.689. The molecule has 140 valence electrons. The Morgan fingerprint density at radius 2 is 1.89 bits per heavy atom. The predicted molar refractivity (Wildman–Crippen MR) is 113 cm³/mol. The van der Waals surface area contributed by atoms with Crippen LogP contribution in [-0.4, -0.2) is 20.4 Å². The fourth-order valence-electron chi connectivity index (χ4n) is 2.55. The van der Waals surface area contributed by atoms with Crippen LogP contribution in [0.3, 0.4) is 0 Å². The Kier molecular flexibility index (Phi) is 5.23. The number of nitrogens with zero attached hydrogens (tertiary/aromatic N) is 3. The quantitative estimate of drug-likeness (QED) is 0.435. The number of ether oxygens (including phenoxy) is 1. The fraction of sp³-hybridized carbons (Fsp3) is 0.0500. The molecule has 0 aliphatic heterocycles. The number of benzene rings is 1. The maximum absolute atomic E-state index is 12.2. The van der Waals surface area contributed by atoms with Crippen molar-refractivity contribution in [1.82, 2.24) is 14.5 Å². The van der Waals surface area contributed by atoms with Gasteiger partial charge in [-0.3, -0.25) is 4.79 Å². The molecule has 28 heavy (non-hydrogen) atoms. The van der Waals surface area contributed by atoms with Gasteiger partial charge >= 0.3 is 0 Å². The number of carbonyl (C=O) groups is 1. The molecule has 0 saturated heterocycles. The van der Waals surface area contributed by atoms with Crippen molar-refractivity contribution in [3.8, 4) is 17.4 Å². The number of aryl methyl sites for hydroxylation is 1. The topological polar surface area (TPSA) is 69.0 Å². The Labute approximate surface area is 174 Å². The van der Waals surface area contributed by atoms with Crippen molar-refractivity contribution in [2.24, 2.45) is 0 Å². The normalized spacial score (nSPS) is 10.6. The number of aromatic nitrogens is 3. The predicted octanol–water partition coefficient (Wildman–Crippen LogP) is 5.44. The van der Waals surface area contributed by atoms with E-state index in [1.807, 2.05) is 41.4 Å². The average Bonchev–Trinajstić information content (AvgIpc) is 3.35. The SMILES string of the molecule is Cc1nc(Oc2ccc(NC(=O)c3cc(Br)cs3)cc2)cc(-n2cccc2)n1. The zero-order valence-electron chi connectivity index (χ0n) is 14.8. The summed E-state index contributed by atoms with van der Waals surface area (Å²) >= 11 is 4.74. The number of rotatable bonds is 5. The number of thiophene rings is 1. The average molecular weight is 455 g/mol. The molecule has 8 heteroatoms. The van der Waals surface area contributed by atoms with Gasteiger partial charge in [-0.2, -0.15) is 4.98 Å². The first-order valence-corrected chi connectivity index (χ1v) is 10.1. The summed E-state index contributed by atoms with van der Waals surface area (Å²) in [6.07, 6.45) is 3.82. The number of carbonyl (C=O) groups excluding carboxylic acids is 1. The Hall–Kier alpha value is -2.97. The van der Waals surface area contributed by atoms with Crippen molar-refractivity contribution in [2.45, 2.75) is 6.92 Å². The highest BCUT2D eigenvalue weighted by atomic mass is 79.9. The lowest BCUT2D eigenvalue weighted by molar-refractivity contribution is 0.103. The molecule has 0 fully saturated rings. The molecule has 3 aromatic heterocycles. The molecule has 0 unspecified atom stereocenters. The molecule has 0 spiro atoms. The number of anilines is 1. The van der Waals surface area contributed by atoms with Crippen LogP contribution in [0.5, 0.6) is 11.6 Å². The highest BCUT2D eigenvalue weighted by Crippen LogP contribution is 2.24. The number of amides is 1. The maximum Gasteiger partial charge on any atom is 0.265 e. The van der Waals surface area contributed by atoms with Crippen molar-refractivity contribution < 1.29 is 9.53 Å². The fourth-order valence-corrected chi connectivity index (χ4v) is 3.87. The van der Waals surface area contributed by atoms with Gasteiger partial charge in [-0.1, -0.05) is 0 Å². The number of hydrogen-bond donors (Lipinski definition) is 1. The van der Waals surface area contributed by atoms with Crippen molar-refractivity contribution >= 4 is 38.9 Å². The summed E-state index contributed by atoms with van der Waals surface area (Å²) in [4.78, 5) is 21.6. The van der Waals surface area contributed by atoms with Crippen molar-refractivity contribution in [3.63, 3.8) is 0 Å². The summed E-state index contributed by atoms with van der Waals surface area (Å²) in [5.74, 6) is 2.28. The molecule has 6 nitrogen and oxygen atoms in total. The molecular weight excluding hydrogens is 440 g/mol. The minimum atomic E-state index is -0.146. The molecule has 0 atom stereocenters. The van der Waals surface area contributed by atoms with Crippen LogP contribution in [0.1, 0.15) is 15.5 Å². The van der Waals surface area contributed by atoms with Crippen LogP contribution in [0.4, 0.5) is 5.69 Å². The summed E-state index contributed by atoms with van der Waals surface area (Å²) < 4.78 is 8.65. The number of nitrogens with one attached hydrogen (secondary N) is 1. The van der Waals surface area contributed by atoms with Crippen LogP contribution < -0.4 is 10.1 Å². The lowest BCUT2D eigenvalue weighted by Crippen LogP contribution is -2.09.